The van der Waals surface area contributed by atoms with Gasteiger partial charge in [0, 0.05) is 25.0 Å². The van der Waals surface area contributed by atoms with Crippen molar-refractivity contribution in [2.75, 3.05) is 26.6 Å². The number of rotatable bonds is 4. The maximum atomic E-state index is 5.35. The fourth-order valence-electron chi connectivity index (χ4n) is 1.72. The summed E-state index contributed by atoms with van der Waals surface area (Å²) in [6.45, 7) is 0. The van der Waals surface area contributed by atoms with Gasteiger partial charge in [-0.3, -0.25) is 4.98 Å². The molecule has 0 unspecified atom stereocenters. The molecule has 0 spiro atoms. The second-order valence-corrected chi connectivity index (χ2v) is 3.57. The minimum Gasteiger partial charge on any atom is -0.497 e. The summed E-state index contributed by atoms with van der Waals surface area (Å²) in [5, 5.41) is 3.01. The van der Waals surface area contributed by atoms with Crippen molar-refractivity contribution in [1.29, 1.82) is 0 Å². The topological polar surface area (TPSA) is 56.3 Å². The molecule has 0 amide bonds. The van der Waals surface area contributed by atoms with Crippen LogP contribution in [0, 0.1) is 0 Å². The van der Waals surface area contributed by atoms with Gasteiger partial charge < -0.3 is 14.8 Å². The van der Waals surface area contributed by atoms with E-state index < -0.39 is 0 Å². The fraction of sp³-hybridized carbons (Fsp3) is 0.231. The molecule has 0 aliphatic carbocycles. The van der Waals surface area contributed by atoms with Crippen molar-refractivity contribution in [3.05, 3.63) is 30.6 Å². The zero-order valence-corrected chi connectivity index (χ0v) is 10.6. The fourth-order valence-corrected chi connectivity index (χ4v) is 1.72. The van der Waals surface area contributed by atoms with Crippen LogP contribution in [-0.2, 0) is 0 Å². The first-order valence-electron chi connectivity index (χ1n) is 5.51. The van der Waals surface area contributed by atoms with E-state index in [1.165, 1.54) is 0 Å². The van der Waals surface area contributed by atoms with Crippen LogP contribution in [0.4, 0.5) is 5.82 Å². The Morgan fingerprint density at radius 1 is 1.06 bits per heavy atom. The monoisotopic (exact) mass is 245 g/mol. The van der Waals surface area contributed by atoms with E-state index in [0.717, 1.165) is 22.8 Å². The SMILES string of the molecule is CNc1nccnc1-c1cc(OC)ccc1OC. The summed E-state index contributed by atoms with van der Waals surface area (Å²) in [6.07, 6.45) is 3.29. The lowest BCUT2D eigenvalue weighted by Crippen LogP contribution is -1.99. The highest BCUT2D eigenvalue weighted by Gasteiger charge is 2.13. The molecule has 18 heavy (non-hydrogen) atoms. The Balaban J connectivity index is 2.60. The van der Waals surface area contributed by atoms with E-state index in [9.17, 15) is 0 Å². The lowest BCUT2D eigenvalue weighted by molar-refractivity contribution is 0.404. The minimum absolute atomic E-state index is 0.698. The molecule has 2 aromatic rings. The molecule has 0 fully saturated rings. The highest BCUT2D eigenvalue weighted by atomic mass is 16.5. The number of methoxy groups -OCH3 is 2. The molecule has 0 radical (unpaired) electrons. The van der Waals surface area contributed by atoms with E-state index in [-0.39, 0.29) is 0 Å². The van der Waals surface area contributed by atoms with E-state index in [1.54, 1.807) is 33.7 Å². The zero-order chi connectivity index (χ0) is 13.0. The van der Waals surface area contributed by atoms with Gasteiger partial charge in [-0.05, 0) is 18.2 Å². The van der Waals surface area contributed by atoms with Crippen LogP contribution < -0.4 is 14.8 Å². The van der Waals surface area contributed by atoms with Crippen LogP contribution >= 0.6 is 0 Å². The maximum Gasteiger partial charge on any atom is 0.152 e. The van der Waals surface area contributed by atoms with E-state index in [4.69, 9.17) is 9.47 Å². The Labute approximate surface area is 106 Å². The first-order valence-corrected chi connectivity index (χ1v) is 5.51. The Morgan fingerprint density at radius 3 is 2.50 bits per heavy atom. The zero-order valence-electron chi connectivity index (χ0n) is 10.6. The normalized spacial score (nSPS) is 9.94. The number of hydrogen-bond acceptors (Lipinski definition) is 5. The maximum absolute atomic E-state index is 5.35. The molecular weight excluding hydrogens is 230 g/mol. The second kappa shape index (κ2) is 5.35. The molecular formula is C13H15N3O2. The molecule has 0 aliphatic heterocycles. The summed E-state index contributed by atoms with van der Waals surface area (Å²) in [7, 11) is 5.06. The van der Waals surface area contributed by atoms with Gasteiger partial charge >= 0.3 is 0 Å². The number of nitrogens with zero attached hydrogens (tertiary/aromatic N) is 2. The van der Waals surface area contributed by atoms with Gasteiger partial charge in [0.05, 0.1) is 14.2 Å². The quantitative estimate of drug-likeness (QED) is 0.895. The molecule has 0 saturated heterocycles. The molecule has 1 aromatic heterocycles. The van der Waals surface area contributed by atoms with Gasteiger partial charge in [-0.15, -0.1) is 0 Å². The van der Waals surface area contributed by atoms with Crippen LogP contribution in [0.15, 0.2) is 30.6 Å². The van der Waals surface area contributed by atoms with Gasteiger partial charge in [-0.25, -0.2) is 4.98 Å². The van der Waals surface area contributed by atoms with Crippen LogP contribution in [0.5, 0.6) is 11.5 Å². The third-order valence-electron chi connectivity index (χ3n) is 2.60. The average Bonchev–Trinajstić information content (AvgIpc) is 2.46. The predicted octanol–water partition coefficient (Wildman–Crippen LogP) is 2.20. The Bertz CT molecular complexity index is 544. The number of ether oxygens (including phenoxy) is 2. The summed E-state index contributed by atoms with van der Waals surface area (Å²) >= 11 is 0. The number of hydrogen-bond donors (Lipinski definition) is 1. The van der Waals surface area contributed by atoms with Crippen LogP contribution in [0.3, 0.4) is 0 Å². The third-order valence-corrected chi connectivity index (χ3v) is 2.60. The van der Waals surface area contributed by atoms with Crippen LogP contribution in [0.25, 0.3) is 11.3 Å². The standard InChI is InChI=1S/C13H15N3O2/c1-14-13-12(15-6-7-16-13)10-8-9(17-2)4-5-11(10)18-3/h4-8H,1-3H3,(H,14,16). The highest BCUT2D eigenvalue weighted by molar-refractivity contribution is 5.77. The van der Waals surface area contributed by atoms with Crippen molar-refractivity contribution in [2.24, 2.45) is 0 Å². The molecule has 5 nitrogen and oxygen atoms in total. The summed E-state index contributed by atoms with van der Waals surface area (Å²) in [4.78, 5) is 8.58. The number of aromatic nitrogens is 2. The van der Waals surface area contributed by atoms with E-state index in [0.29, 0.717) is 5.82 Å². The molecule has 0 bridgehead atoms. The molecule has 1 aromatic carbocycles. The summed E-state index contributed by atoms with van der Waals surface area (Å²) in [6, 6.07) is 5.57. The molecule has 0 saturated carbocycles. The van der Waals surface area contributed by atoms with Crippen molar-refractivity contribution in [3.63, 3.8) is 0 Å². The Kier molecular flexibility index (Phi) is 3.62. The Hall–Kier alpha value is -2.30. The molecule has 5 heteroatoms. The summed E-state index contributed by atoms with van der Waals surface area (Å²) in [5.74, 6) is 2.18. The van der Waals surface area contributed by atoms with Crippen LogP contribution in [0.2, 0.25) is 0 Å². The van der Waals surface area contributed by atoms with Gasteiger partial charge in [0.15, 0.2) is 5.82 Å². The molecule has 0 aliphatic rings. The summed E-state index contributed by atoms with van der Waals surface area (Å²) in [5.41, 5.74) is 1.57. The number of nitrogens with one attached hydrogen (secondary N) is 1. The van der Waals surface area contributed by atoms with Crippen molar-refractivity contribution in [3.8, 4) is 22.8 Å². The largest absolute Gasteiger partial charge is 0.497 e. The minimum atomic E-state index is 0.698. The molecule has 1 heterocycles. The molecule has 94 valence electrons. The number of anilines is 1. The van der Waals surface area contributed by atoms with Gasteiger partial charge in [0.2, 0.25) is 0 Å². The van der Waals surface area contributed by atoms with Crippen molar-refractivity contribution >= 4 is 5.82 Å². The van der Waals surface area contributed by atoms with Gasteiger partial charge in [-0.2, -0.15) is 0 Å². The van der Waals surface area contributed by atoms with Gasteiger partial charge in [-0.1, -0.05) is 0 Å². The lowest BCUT2D eigenvalue weighted by atomic mass is 10.1. The smallest absolute Gasteiger partial charge is 0.152 e. The number of benzene rings is 1. The van der Waals surface area contributed by atoms with Crippen molar-refractivity contribution in [2.45, 2.75) is 0 Å². The first-order chi connectivity index (χ1) is 8.80. The molecule has 1 N–H and O–H groups in total. The average molecular weight is 245 g/mol. The second-order valence-electron chi connectivity index (χ2n) is 3.57. The van der Waals surface area contributed by atoms with Crippen LogP contribution in [-0.4, -0.2) is 31.2 Å². The van der Waals surface area contributed by atoms with E-state index in [1.807, 2.05) is 18.2 Å². The van der Waals surface area contributed by atoms with Gasteiger partial charge in [0.25, 0.3) is 0 Å². The predicted molar refractivity (Wildman–Crippen MR) is 70.1 cm³/mol. The molecule has 0 atom stereocenters. The summed E-state index contributed by atoms with van der Waals surface area (Å²) < 4.78 is 10.6. The van der Waals surface area contributed by atoms with Crippen LogP contribution in [0.1, 0.15) is 0 Å². The molecule has 2 rings (SSSR count). The highest BCUT2D eigenvalue weighted by Crippen LogP contribution is 2.34. The van der Waals surface area contributed by atoms with Crippen molar-refractivity contribution in [1.82, 2.24) is 9.97 Å². The van der Waals surface area contributed by atoms with Gasteiger partial charge in [0.1, 0.15) is 17.2 Å². The van der Waals surface area contributed by atoms with E-state index in [2.05, 4.69) is 15.3 Å². The van der Waals surface area contributed by atoms with E-state index >= 15 is 0 Å². The first kappa shape index (κ1) is 12.2. The third kappa shape index (κ3) is 2.20. The van der Waals surface area contributed by atoms with Crippen molar-refractivity contribution < 1.29 is 9.47 Å². The lowest BCUT2D eigenvalue weighted by Gasteiger charge is -2.12. The Morgan fingerprint density at radius 2 is 1.83 bits per heavy atom.